The number of anilines is 2. The molecule has 1 aliphatic rings. The number of carbonyl (C=O) groups excluding carboxylic acids is 2. The van der Waals surface area contributed by atoms with E-state index in [0.717, 1.165) is 47.3 Å². The van der Waals surface area contributed by atoms with Gasteiger partial charge >= 0.3 is 0 Å². The Morgan fingerprint density at radius 3 is 2.65 bits per heavy atom. The van der Waals surface area contributed by atoms with Gasteiger partial charge < -0.3 is 10.6 Å². The van der Waals surface area contributed by atoms with Gasteiger partial charge in [-0.1, -0.05) is 31.5 Å². The molecule has 0 aliphatic carbocycles. The topological polar surface area (TPSA) is 90.5 Å². The van der Waals surface area contributed by atoms with Gasteiger partial charge in [-0.05, 0) is 69.5 Å². The molecule has 0 radical (unpaired) electrons. The second kappa shape index (κ2) is 12.6. The third-order valence-corrected chi connectivity index (χ3v) is 8.23. The number of rotatable bonds is 9. The van der Waals surface area contributed by atoms with Crippen LogP contribution in [0.15, 0.2) is 60.8 Å². The van der Waals surface area contributed by atoms with Crippen LogP contribution in [0, 0.1) is 0 Å². The second-order valence-electron chi connectivity index (χ2n) is 10.1. The van der Waals surface area contributed by atoms with Crippen LogP contribution < -0.4 is 10.6 Å². The van der Waals surface area contributed by atoms with Gasteiger partial charge in [0, 0.05) is 48.5 Å². The van der Waals surface area contributed by atoms with Gasteiger partial charge in [0.15, 0.2) is 0 Å². The van der Waals surface area contributed by atoms with E-state index in [1.54, 1.807) is 6.20 Å². The lowest BCUT2D eigenvalue weighted by molar-refractivity contribution is -0.0492. The Morgan fingerprint density at radius 1 is 1.10 bits per heavy atom. The average molecular weight is 557 g/mol. The summed E-state index contributed by atoms with van der Waals surface area (Å²) in [7, 11) is 0. The number of amides is 2. The average Bonchev–Trinajstić information content (AvgIpc) is 3.41. The number of hydrazine groups is 1. The third-order valence-electron chi connectivity index (χ3n) is 7.17. The van der Waals surface area contributed by atoms with Crippen molar-refractivity contribution in [2.75, 3.05) is 30.3 Å². The summed E-state index contributed by atoms with van der Waals surface area (Å²) in [6.07, 6.45) is 6.03. The quantitative estimate of drug-likeness (QED) is 0.239. The minimum atomic E-state index is -0.161. The molecule has 40 heavy (non-hydrogen) atoms. The highest BCUT2D eigenvalue weighted by atomic mass is 32.1. The Balaban J connectivity index is 1.34. The largest absolute Gasteiger partial charge is 0.370 e. The Morgan fingerprint density at radius 2 is 1.93 bits per heavy atom. The Bertz CT molecular complexity index is 1450. The lowest BCUT2D eigenvalue weighted by Gasteiger charge is -2.42. The number of carbonyl (C=O) groups is 2. The molecule has 2 N–H and O–H groups in total. The summed E-state index contributed by atoms with van der Waals surface area (Å²) in [6, 6.07) is 17.4. The molecule has 4 heterocycles. The molecule has 5 rings (SSSR count). The molecule has 9 heteroatoms. The highest BCUT2D eigenvalue weighted by molar-refractivity contribution is 7.20. The summed E-state index contributed by atoms with van der Waals surface area (Å²) in [6.45, 7) is 8.55. The number of hydrogen-bond donors (Lipinski definition) is 2. The number of nitrogens with zero attached hydrogens (tertiary/aromatic N) is 4. The first-order valence-corrected chi connectivity index (χ1v) is 14.9. The first-order chi connectivity index (χ1) is 19.5. The van der Waals surface area contributed by atoms with Crippen molar-refractivity contribution in [1.29, 1.82) is 0 Å². The van der Waals surface area contributed by atoms with Crippen molar-refractivity contribution in [2.45, 2.75) is 52.5 Å². The number of thiophene rings is 1. The summed E-state index contributed by atoms with van der Waals surface area (Å²) in [5.74, 6) is 0.414. The predicted octanol–water partition coefficient (Wildman–Crippen LogP) is 6.68. The number of piperidine rings is 1. The van der Waals surface area contributed by atoms with E-state index in [2.05, 4.69) is 34.5 Å². The van der Waals surface area contributed by atoms with E-state index in [1.165, 1.54) is 17.8 Å². The third kappa shape index (κ3) is 6.00. The van der Waals surface area contributed by atoms with Crippen LogP contribution >= 0.6 is 11.3 Å². The van der Waals surface area contributed by atoms with Crippen molar-refractivity contribution in [2.24, 2.45) is 0 Å². The first-order valence-electron chi connectivity index (χ1n) is 14.1. The lowest BCUT2D eigenvalue weighted by Crippen LogP contribution is -2.53. The van der Waals surface area contributed by atoms with Crippen LogP contribution in [0.2, 0.25) is 0 Å². The summed E-state index contributed by atoms with van der Waals surface area (Å²) in [4.78, 5) is 37.2. The minimum absolute atomic E-state index is 0.0138. The minimum Gasteiger partial charge on any atom is -0.370 e. The zero-order valence-electron chi connectivity index (χ0n) is 23.3. The van der Waals surface area contributed by atoms with Crippen LogP contribution in [-0.4, -0.2) is 57.5 Å². The monoisotopic (exact) mass is 556 g/mol. The van der Waals surface area contributed by atoms with Crippen LogP contribution in [0.1, 0.15) is 66.5 Å². The smallest absolute Gasteiger partial charge is 0.271 e. The molecule has 0 saturated carbocycles. The van der Waals surface area contributed by atoms with Crippen LogP contribution in [-0.2, 0) is 0 Å². The van der Waals surface area contributed by atoms with E-state index in [-0.39, 0.29) is 11.8 Å². The fourth-order valence-electron chi connectivity index (χ4n) is 5.14. The molecule has 1 aliphatic heterocycles. The van der Waals surface area contributed by atoms with E-state index < -0.39 is 0 Å². The van der Waals surface area contributed by atoms with Crippen molar-refractivity contribution >= 4 is 44.9 Å². The van der Waals surface area contributed by atoms with Gasteiger partial charge in [0.25, 0.3) is 11.8 Å². The van der Waals surface area contributed by atoms with Crippen molar-refractivity contribution in [3.05, 3.63) is 71.2 Å². The van der Waals surface area contributed by atoms with Gasteiger partial charge in [-0.2, -0.15) is 0 Å². The maximum Gasteiger partial charge on any atom is 0.271 e. The molecule has 0 bridgehead atoms. The fraction of sp³-hybridized carbons (Fsp3) is 0.355. The van der Waals surface area contributed by atoms with Gasteiger partial charge in [-0.25, -0.2) is 15.0 Å². The SMILES string of the molecule is CCCN(C(=O)c1ccc(-c2ccc(NC(=O)c3cc4cccnc4s3)cc2)nc1NCC)N1CCCCC1C. The zero-order valence-corrected chi connectivity index (χ0v) is 24.1. The van der Waals surface area contributed by atoms with E-state index in [9.17, 15) is 9.59 Å². The van der Waals surface area contributed by atoms with Crippen LogP contribution in [0.3, 0.4) is 0 Å². The number of fused-ring (bicyclic) bond motifs is 1. The number of pyridine rings is 2. The first kappa shape index (κ1) is 27.7. The predicted molar refractivity (Wildman–Crippen MR) is 163 cm³/mol. The van der Waals surface area contributed by atoms with E-state index in [0.29, 0.717) is 41.1 Å². The van der Waals surface area contributed by atoms with Gasteiger partial charge in [0.2, 0.25) is 0 Å². The lowest BCUT2D eigenvalue weighted by atomic mass is 10.1. The maximum atomic E-state index is 13.8. The van der Waals surface area contributed by atoms with Gasteiger partial charge in [0.05, 0.1) is 16.1 Å². The summed E-state index contributed by atoms with van der Waals surface area (Å²) >= 11 is 1.37. The molecular formula is C31H36N6O2S. The van der Waals surface area contributed by atoms with Crippen LogP contribution in [0.4, 0.5) is 11.5 Å². The Kier molecular flexibility index (Phi) is 8.72. The molecule has 3 aromatic heterocycles. The molecule has 1 aromatic carbocycles. The molecule has 1 unspecified atom stereocenters. The number of nitrogens with one attached hydrogen (secondary N) is 2. The molecule has 1 saturated heterocycles. The molecule has 1 fully saturated rings. The molecule has 208 valence electrons. The van der Waals surface area contributed by atoms with E-state index in [4.69, 9.17) is 4.98 Å². The van der Waals surface area contributed by atoms with Crippen LogP contribution in [0.25, 0.3) is 21.5 Å². The summed E-state index contributed by atoms with van der Waals surface area (Å²) in [5.41, 5.74) is 2.94. The van der Waals surface area contributed by atoms with Gasteiger partial charge in [-0.3, -0.25) is 14.6 Å². The standard InChI is InChI=1S/C31H36N6O2S/c1-4-18-37(36-19-7-6-9-21(36)3)31(39)25-15-16-26(35-28(25)32-5-2)22-11-13-24(14-12-22)34-29(38)27-20-23-10-8-17-33-30(23)40-27/h8,10-17,20-21H,4-7,9,18-19H2,1-3H3,(H,32,35)(H,34,38). The number of aromatic nitrogens is 2. The zero-order chi connectivity index (χ0) is 28.1. The second-order valence-corrected chi connectivity index (χ2v) is 11.1. The normalized spacial score (nSPS) is 15.6. The highest BCUT2D eigenvalue weighted by Gasteiger charge is 2.29. The van der Waals surface area contributed by atoms with E-state index >= 15 is 0 Å². The summed E-state index contributed by atoms with van der Waals surface area (Å²) in [5, 5.41) is 11.4. The van der Waals surface area contributed by atoms with Crippen molar-refractivity contribution in [1.82, 2.24) is 20.0 Å². The molecule has 0 spiro atoms. The molecular weight excluding hydrogens is 520 g/mol. The van der Waals surface area contributed by atoms with E-state index in [1.807, 2.05) is 66.5 Å². The molecule has 8 nitrogen and oxygen atoms in total. The molecule has 1 atom stereocenters. The van der Waals surface area contributed by atoms with Crippen LogP contribution in [0.5, 0.6) is 0 Å². The Labute approximate surface area is 239 Å². The van der Waals surface area contributed by atoms with Crippen molar-refractivity contribution < 1.29 is 9.59 Å². The highest BCUT2D eigenvalue weighted by Crippen LogP contribution is 2.28. The van der Waals surface area contributed by atoms with Crippen molar-refractivity contribution in [3.63, 3.8) is 0 Å². The molecule has 2 amide bonds. The number of hydrogen-bond acceptors (Lipinski definition) is 7. The fourth-order valence-corrected chi connectivity index (χ4v) is 6.03. The number of benzene rings is 1. The van der Waals surface area contributed by atoms with Gasteiger partial charge in [0.1, 0.15) is 10.6 Å². The summed E-state index contributed by atoms with van der Waals surface area (Å²) < 4.78 is 0. The van der Waals surface area contributed by atoms with Gasteiger partial charge in [-0.15, -0.1) is 11.3 Å². The molecule has 4 aromatic rings. The maximum absolute atomic E-state index is 13.8. The Hall–Kier alpha value is -3.82. The van der Waals surface area contributed by atoms with Crippen molar-refractivity contribution in [3.8, 4) is 11.3 Å².